The first kappa shape index (κ1) is 21.5. The van der Waals surface area contributed by atoms with E-state index in [1.165, 1.54) is 12.0 Å². The maximum atomic E-state index is 4.31. The van der Waals surface area contributed by atoms with Crippen LogP contribution in [0, 0.1) is 5.92 Å². The molecule has 0 saturated carbocycles. The first-order chi connectivity index (χ1) is 11.6. The largest absolute Gasteiger partial charge is 0.354 e. The number of aromatic nitrogens is 2. The summed E-state index contributed by atoms with van der Waals surface area (Å²) in [5.74, 6) is 1.58. The minimum absolute atomic E-state index is 0. The molecular formula is C19H30IN5. The van der Waals surface area contributed by atoms with Gasteiger partial charge in [-0.2, -0.15) is 5.10 Å². The van der Waals surface area contributed by atoms with Gasteiger partial charge in [0.15, 0.2) is 5.96 Å². The molecule has 138 valence electrons. The normalized spacial score (nSPS) is 12.6. The quantitative estimate of drug-likeness (QED) is 0.377. The molecule has 0 aliphatic rings. The zero-order chi connectivity index (χ0) is 17.4. The van der Waals surface area contributed by atoms with Crippen LogP contribution in [0.15, 0.2) is 47.7 Å². The highest BCUT2D eigenvalue weighted by molar-refractivity contribution is 14.0. The molecule has 0 radical (unpaired) electrons. The van der Waals surface area contributed by atoms with Crippen LogP contribution in [0.5, 0.6) is 0 Å². The van der Waals surface area contributed by atoms with Gasteiger partial charge in [0, 0.05) is 32.0 Å². The van der Waals surface area contributed by atoms with Gasteiger partial charge in [0.25, 0.3) is 0 Å². The Labute approximate surface area is 168 Å². The summed E-state index contributed by atoms with van der Waals surface area (Å²) in [5.41, 5.74) is 2.28. The van der Waals surface area contributed by atoms with Crippen LogP contribution in [-0.4, -0.2) is 28.8 Å². The fourth-order valence-electron chi connectivity index (χ4n) is 2.46. The van der Waals surface area contributed by atoms with Crippen LogP contribution in [0.2, 0.25) is 0 Å². The molecule has 0 spiro atoms. The van der Waals surface area contributed by atoms with Crippen molar-refractivity contribution in [1.82, 2.24) is 20.4 Å². The van der Waals surface area contributed by atoms with Crippen LogP contribution >= 0.6 is 24.0 Å². The van der Waals surface area contributed by atoms with Crippen molar-refractivity contribution in [2.45, 2.75) is 46.2 Å². The van der Waals surface area contributed by atoms with E-state index in [4.69, 9.17) is 0 Å². The molecule has 5 nitrogen and oxygen atoms in total. The van der Waals surface area contributed by atoms with Gasteiger partial charge in [0.2, 0.25) is 0 Å². The third kappa shape index (κ3) is 7.46. The predicted molar refractivity (Wildman–Crippen MR) is 116 cm³/mol. The van der Waals surface area contributed by atoms with E-state index in [9.17, 15) is 0 Å². The van der Waals surface area contributed by atoms with Crippen molar-refractivity contribution in [3.63, 3.8) is 0 Å². The van der Waals surface area contributed by atoms with E-state index in [1.807, 2.05) is 24.0 Å². The Kier molecular flexibility index (Phi) is 9.55. The molecule has 1 heterocycles. The molecule has 2 rings (SSSR count). The van der Waals surface area contributed by atoms with Gasteiger partial charge in [-0.3, -0.25) is 4.99 Å². The van der Waals surface area contributed by atoms with Crippen LogP contribution in [0.1, 0.15) is 39.2 Å². The highest BCUT2D eigenvalue weighted by Gasteiger charge is 2.06. The van der Waals surface area contributed by atoms with E-state index in [0.717, 1.165) is 30.5 Å². The maximum absolute atomic E-state index is 4.31. The Morgan fingerprint density at radius 2 is 1.88 bits per heavy atom. The molecule has 0 aliphatic carbocycles. The Morgan fingerprint density at radius 1 is 1.16 bits per heavy atom. The average Bonchev–Trinajstić information content (AvgIpc) is 3.11. The molecular weight excluding hydrogens is 425 g/mol. The van der Waals surface area contributed by atoms with Crippen molar-refractivity contribution in [3.8, 4) is 5.69 Å². The lowest BCUT2D eigenvalue weighted by molar-refractivity contribution is 0.489. The molecule has 0 saturated heterocycles. The number of nitrogens with one attached hydrogen (secondary N) is 2. The monoisotopic (exact) mass is 455 g/mol. The molecule has 1 aromatic carbocycles. The number of halogens is 1. The molecule has 2 aromatic rings. The van der Waals surface area contributed by atoms with Gasteiger partial charge in [-0.1, -0.05) is 26.0 Å². The lowest BCUT2D eigenvalue weighted by Gasteiger charge is -2.18. The van der Waals surface area contributed by atoms with E-state index in [-0.39, 0.29) is 24.0 Å². The smallest absolute Gasteiger partial charge is 0.191 e. The predicted octanol–water partition coefficient (Wildman–Crippen LogP) is 3.98. The standard InChI is InChI=1S/C19H29N5.HI/c1-15(2)6-7-16(3)23-19(20-4)21-14-17-8-10-18(11-9-17)24-13-5-12-22-24;/h5,8-13,15-16H,6-7,14H2,1-4H3,(H2,20,21,23);1H. The van der Waals surface area contributed by atoms with Crippen molar-refractivity contribution >= 4 is 29.9 Å². The van der Waals surface area contributed by atoms with Crippen LogP contribution < -0.4 is 10.6 Å². The molecule has 1 aromatic heterocycles. The number of nitrogens with zero attached hydrogens (tertiary/aromatic N) is 3. The minimum Gasteiger partial charge on any atom is -0.354 e. The highest BCUT2D eigenvalue weighted by atomic mass is 127. The molecule has 2 N–H and O–H groups in total. The maximum Gasteiger partial charge on any atom is 0.191 e. The third-order valence-corrected chi connectivity index (χ3v) is 3.95. The zero-order valence-electron chi connectivity index (χ0n) is 15.6. The van der Waals surface area contributed by atoms with Crippen molar-refractivity contribution in [2.75, 3.05) is 7.05 Å². The van der Waals surface area contributed by atoms with E-state index in [2.05, 4.69) is 65.8 Å². The average molecular weight is 455 g/mol. The summed E-state index contributed by atoms with van der Waals surface area (Å²) in [4.78, 5) is 4.31. The summed E-state index contributed by atoms with van der Waals surface area (Å²) >= 11 is 0. The Balaban J connectivity index is 0.00000312. The molecule has 0 amide bonds. The van der Waals surface area contributed by atoms with Gasteiger partial charge >= 0.3 is 0 Å². The number of hydrogen-bond donors (Lipinski definition) is 2. The van der Waals surface area contributed by atoms with Crippen molar-refractivity contribution in [2.24, 2.45) is 10.9 Å². The number of guanidine groups is 1. The first-order valence-electron chi connectivity index (χ1n) is 8.64. The van der Waals surface area contributed by atoms with E-state index in [0.29, 0.717) is 6.04 Å². The second kappa shape index (κ2) is 11.1. The van der Waals surface area contributed by atoms with Crippen LogP contribution in [-0.2, 0) is 6.54 Å². The molecule has 1 atom stereocenters. The van der Waals surface area contributed by atoms with Gasteiger partial charge in [-0.15, -0.1) is 24.0 Å². The summed E-state index contributed by atoms with van der Waals surface area (Å²) in [6.07, 6.45) is 6.10. The van der Waals surface area contributed by atoms with Crippen molar-refractivity contribution in [3.05, 3.63) is 48.3 Å². The van der Waals surface area contributed by atoms with Gasteiger partial charge < -0.3 is 10.6 Å². The van der Waals surface area contributed by atoms with Crippen molar-refractivity contribution in [1.29, 1.82) is 0 Å². The molecule has 0 fully saturated rings. The third-order valence-electron chi connectivity index (χ3n) is 3.95. The molecule has 0 aliphatic heterocycles. The fourth-order valence-corrected chi connectivity index (χ4v) is 2.46. The summed E-state index contributed by atoms with van der Waals surface area (Å²) in [7, 11) is 1.81. The first-order valence-corrected chi connectivity index (χ1v) is 8.64. The molecule has 6 heteroatoms. The molecule has 0 bridgehead atoms. The Hall–Kier alpha value is -1.57. The number of rotatable bonds is 7. The summed E-state index contributed by atoms with van der Waals surface area (Å²) < 4.78 is 1.86. The Bertz CT molecular complexity index is 620. The van der Waals surface area contributed by atoms with Crippen LogP contribution in [0.25, 0.3) is 5.69 Å². The van der Waals surface area contributed by atoms with Gasteiger partial charge in [-0.25, -0.2) is 4.68 Å². The number of hydrogen-bond acceptors (Lipinski definition) is 2. The second-order valence-electron chi connectivity index (χ2n) is 6.56. The second-order valence-corrected chi connectivity index (χ2v) is 6.56. The zero-order valence-corrected chi connectivity index (χ0v) is 17.9. The Morgan fingerprint density at radius 3 is 2.44 bits per heavy atom. The van der Waals surface area contributed by atoms with E-state index in [1.54, 1.807) is 6.20 Å². The lowest BCUT2D eigenvalue weighted by Crippen LogP contribution is -2.41. The van der Waals surface area contributed by atoms with Crippen LogP contribution in [0.4, 0.5) is 0 Å². The number of benzene rings is 1. The summed E-state index contributed by atoms with van der Waals surface area (Å²) in [6, 6.07) is 10.7. The topological polar surface area (TPSA) is 54.2 Å². The summed E-state index contributed by atoms with van der Waals surface area (Å²) in [6.45, 7) is 7.46. The van der Waals surface area contributed by atoms with Gasteiger partial charge in [-0.05, 0) is 49.4 Å². The highest BCUT2D eigenvalue weighted by Crippen LogP contribution is 2.09. The van der Waals surface area contributed by atoms with Crippen LogP contribution in [0.3, 0.4) is 0 Å². The van der Waals surface area contributed by atoms with E-state index >= 15 is 0 Å². The van der Waals surface area contributed by atoms with Gasteiger partial charge in [0.1, 0.15) is 0 Å². The fraction of sp³-hybridized carbons (Fsp3) is 0.474. The summed E-state index contributed by atoms with van der Waals surface area (Å²) in [5, 5.41) is 11.1. The van der Waals surface area contributed by atoms with Gasteiger partial charge in [0.05, 0.1) is 5.69 Å². The lowest BCUT2D eigenvalue weighted by atomic mass is 10.0. The molecule has 1 unspecified atom stereocenters. The SMILES string of the molecule is CN=C(NCc1ccc(-n2cccn2)cc1)NC(C)CCC(C)C.I. The minimum atomic E-state index is 0. The van der Waals surface area contributed by atoms with Crippen molar-refractivity contribution < 1.29 is 0 Å². The van der Waals surface area contributed by atoms with E-state index < -0.39 is 0 Å². The molecule has 25 heavy (non-hydrogen) atoms. The number of aliphatic imine (C=N–C) groups is 1.